The average Bonchev–Trinajstić information content (AvgIpc) is 2.88. The molecule has 1 atom stereocenters. The third-order valence-corrected chi connectivity index (χ3v) is 2.95. The van der Waals surface area contributed by atoms with Crippen LogP contribution in [0.15, 0.2) is 0 Å². The summed E-state index contributed by atoms with van der Waals surface area (Å²) in [6, 6.07) is 0.739. The molecule has 1 unspecified atom stereocenters. The predicted octanol–water partition coefficient (Wildman–Crippen LogP) is 1.72. The standard InChI is InChI=1S/C11H24N2/c1-12-11(8-9-13(2)3)7-6-10-4-5-10/h10-12H,4-9H2,1-3H3. The summed E-state index contributed by atoms with van der Waals surface area (Å²) in [6.07, 6.45) is 7.08. The molecule has 0 radical (unpaired) electrons. The molecule has 1 aliphatic carbocycles. The van der Waals surface area contributed by atoms with Gasteiger partial charge in [-0.1, -0.05) is 12.8 Å². The second kappa shape index (κ2) is 5.61. The van der Waals surface area contributed by atoms with Crippen molar-refractivity contribution in [3.05, 3.63) is 0 Å². The summed E-state index contributed by atoms with van der Waals surface area (Å²) < 4.78 is 0. The fourth-order valence-corrected chi connectivity index (χ4v) is 1.69. The van der Waals surface area contributed by atoms with E-state index in [-0.39, 0.29) is 0 Å². The molecule has 2 nitrogen and oxygen atoms in total. The largest absolute Gasteiger partial charge is 0.317 e. The van der Waals surface area contributed by atoms with Crippen LogP contribution in [-0.4, -0.2) is 38.6 Å². The molecule has 0 bridgehead atoms. The topological polar surface area (TPSA) is 15.3 Å². The summed E-state index contributed by atoms with van der Waals surface area (Å²) in [5.74, 6) is 1.08. The SMILES string of the molecule is CNC(CCC1CC1)CCN(C)C. The zero-order chi connectivity index (χ0) is 9.68. The molecule has 1 N–H and O–H groups in total. The molecule has 0 aromatic carbocycles. The number of hydrogen-bond acceptors (Lipinski definition) is 2. The Kier molecular flexibility index (Phi) is 4.74. The van der Waals surface area contributed by atoms with Gasteiger partial charge in [0, 0.05) is 6.04 Å². The Labute approximate surface area is 82.7 Å². The molecule has 2 heteroatoms. The molecular weight excluding hydrogens is 160 g/mol. The molecule has 0 aliphatic heterocycles. The van der Waals surface area contributed by atoms with E-state index < -0.39 is 0 Å². The number of rotatable bonds is 7. The maximum atomic E-state index is 3.41. The first-order valence-electron chi connectivity index (χ1n) is 5.54. The molecule has 0 spiro atoms. The summed E-state index contributed by atoms with van der Waals surface area (Å²) in [5.41, 5.74) is 0. The van der Waals surface area contributed by atoms with Crippen LogP contribution in [0.4, 0.5) is 0 Å². The van der Waals surface area contributed by atoms with Gasteiger partial charge < -0.3 is 10.2 Å². The van der Waals surface area contributed by atoms with Crippen molar-refractivity contribution in [1.82, 2.24) is 10.2 Å². The van der Waals surface area contributed by atoms with E-state index in [1.807, 2.05) is 0 Å². The predicted molar refractivity (Wildman–Crippen MR) is 58.0 cm³/mol. The van der Waals surface area contributed by atoms with Gasteiger partial charge in [0.15, 0.2) is 0 Å². The van der Waals surface area contributed by atoms with Gasteiger partial charge in [0.1, 0.15) is 0 Å². The molecule has 78 valence electrons. The van der Waals surface area contributed by atoms with Crippen LogP contribution in [0.3, 0.4) is 0 Å². The molecule has 1 aliphatic rings. The first-order chi connectivity index (χ1) is 6.22. The minimum Gasteiger partial charge on any atom is -0.317 e. The zero-order valence-corrected chi connectivity index (χ0v) is 9.34. The monoisotopic (exact) mass is 184 g/mol. The van der Waals surface area contributed by atoms with E-state index in [9.17, 15) is 0 Å². The van der Waals surface area contributed by atoms with E-state index in [0.29, 0.717) is 0 Å². The van der Waals surface area contributed by atoms with Crippen LogP contribution in [0.5, 0.6) is 0 Å². The highest BCUT2D eigenvalue weighted by atomic mass is 15.1. The number of hydrogen-bond donors (Lipinski definition) is 1. The van der Waals surface area contributed by atoms with Crippen LogP contribution in [0.25, 0.3) is 0 Å². The Hall–Kier alpha value is -0.0800. The molecule has 1 fully saturated rings. The van der Waals surface area contributed by atoms with Crippen LogP contribution in [0.2, 0.25) is 0 Å². The van der Waals surface area contributed by atoms with Crippen LogP contribution in [0.1, 0.15) is 32.1 Å². The summed E-state index contributed by atoms with van der Waals surface area (Å²) in [5, 5.41) is 3.41. The fraction of sp³-hybridized carbons (Fsp3) is 1.00. The quantitative estimate of drug-likeness (QED) is 0.648. The van der Waals surface area contributed by atoms with Crippen LogP contribution in [-0.2, 0) is 0 Å². The highest BCUT2D eigenvalue weighted by Crippen LogP contribution is 2.34. The Morgan fingerprint density at radius 3 is 2.46 bits per heavy atom. The Morgan fingerprint density at radius 2 is 2.00 bits per heavy atom. The molecule has 0 aromatic heterocycles. The van der Waals surface area contributed by atoms with Gasteiger partial charge in [0.05, 0.1) is 0 Å². The van der Waals surface area contributed by atoms with Gasteiger partial charge in [0.25, 0.3) is 0 Å². The summed E-state index contributed by atoms with van der Waals surface area (Å²) in [6.45, 7) is 1.20. The van der Waals surface area contributed by atoms with Crippen molar-refractivity contribution in [2.45, 2.75) is 38.1 Å². The van der Waals surface area contributed by atoms with Gasteiger partial charge in [0.2, 0.25) is 0 Å². The highest BCUT2D eigenvalue weighted by Gasteiger charge is 2.21. The van der Waals surface area contributed by atoms with Crippen LogP contribution < -0.4 is 5.32 Å². The maximum absolute atomic E-state index is 3.41. The van der Waals surface area contributed by atoms with Gasteiger partial charge >= 0.3 is 0 Å². The van der Waals surface area contributed by atoms with Gasteiger partial charge in [-0.2, -0.15) is 0 Å². The van der Waals surface area contributed by atoms with Crippen molar-refractivity contribution >= 4 is 0 Å². The smallest absolute Gasteiger partial charge is 0.00763 e. The summed E-state index contributed by atoms with van der Waals surface area (Å²) in [4.78, 5) is 2.27. The molecule has 1 saturated carbocycles. The van der Waals surface area contributed by atoms with Crippen molar-refractivity contribution in [3.8, 4) is 0 Å². The molecule has 0 aromatic rings. The van der Waals surface area contributed by atoms with Gasteiger partial charge in [-0.15, -0.1) is 0 Å². The second-order valence-electron chi connectivity index (χ2n) is 4.60. The van der Waals surface area contributed by atoms with Gasteiger partial charge in [-0.25, -0.2) is 0 Å². The number of nitrogens with zero attached hydrogens (tertiary/aromatic N) is 1. The Morgan fingerprint density at radius 1 is 1.31 bits per heavy atom. The lowest BCUT2D eigenvalue weighted by Gasteiger charge is -2.18. The number of nitrogens with one attached hydrogen (secondary N) is 1. The third kappa shape index (κ3) is 5.27. The van der Waals surface area contributed by atoms with Crippen molar-refractivity contribution in [2.75, 3.05) is 27.7 Å². The molecular formula is C11H24N2. The first kappa shape index (κ1) is 11.0. The minimum absolute atomic E-state index is 0.739. The molecule has 0 saturated heterocycles. The van der Waals surface area contributed by atoms with Crippen molar-refractivity contribution in [2.24, 2.45) is 5.92 Å². The van der Waals surface area contributed by atoms with E-state index in [1.54, 1.807) is 0 Å². The summed E-state index contributed by atoms with van der Waals surface area (Å²) in [7, 11) is 6.38. The van der Waals surface area contributed by atoms with Crippen molar-refractivity contribution in [3.63, 3.8) is 0 Å². The van der Waals surface area contributed by atoms with Crippen LogP contribution >= 0.6 is 0 Å². The minimum atomic E-state index is 0.739. The molecule has 1 rings (SSSR count). The van der Waals surface area contributed by atoms with Gasteiger partial charge in [-0.05, 0) is 52.9 Å². The highest BCUT2D eigenvalue weighted by molar-refractivity contribution is 4.76. The van der Waals surface area contributed by atoms with E-state index in [1.165, 1.54) is 38.6 Å². The van der Waals surface area contributed by atoms with Crippen molar-refractivity contribution < 1.29 is 0 Å². The lowest BCUT2D eigenvalue weighted by molar-refractivity contribution is 0.352. The normalized spacial score (nSPS) is 19.4. The lowest BCUT2D eigenvalue weighted by atomic mass is 10.1. The van der Waals surface area contributed by atoms with E-state index in [2.05, 4.69) is 31.4 Å². The van der Waals surface area contributed by atoms with E-state index in [4.69, 9.17) is 0 Å². The van der Waals surface area contributed by atoms with E-state index in [0.717, 1.165) is 12.0 Å². The zero-order valence-electron chi connectivity index (χ0n) is 9.34. The summed E-state index contributed by atoms with van der Waals surface area (Å²) >= 11 is 0. The molecule has 13 heavy (non-hydrogen) atoms. The molecule has 0 heterocycles. The lowest BCUT2D eigenvalue weighted by Crippen LogP contribution is -2.29. The van der Waals surface area contributed by atoms with Crippen molar-refractivity contribution in [1.29, 1.82) is 0 Å². The van der Waals surface area contributed by atoms with E-state index >= 15 is 0 Å². The maximum Gasteiger partial charge on any atom is 0.00763 e. The first-order valence-corrected chi connectivity index (χ1v) is 5.54. The Bertz CT molecular complexity index is 124. The molecule has 0 amide bonds. The average molecular weight is 184 g/mol. The van der Waals surface area contributed by atoms with Gasteiger partial charge in [-0.3, -0.25) is 0 Å². The van der Waals surface area contributed by atoms with Crippen LogP contribution in [0, 0.1) is 5.92 Å². The second-order valence-corrected chi connectivity index (χ2v) is 4.60. The fourth-order valence-electron chi connectivity index (χ4n) is 1.69. The third-order valence-electron chi connectivity index (χ3n) is 2.95. The Balaban J connectivity index is 2.02.